The van der Waals surface area contributed by atoms with Crippen LogP contribution in [-0.4, -0.2) is 69.3 Å². The lowest BCUT2D eigenvalue weighted by atomic mass is 10.0. The molecule has 0 spiro atoms. The molecule has 0 aromatic heterocycles. The van der Waals surface area contributed by atoms with Crippen LogP contribution in [0.3, 0.4) is 0 Å². The van der Waals surface area contributed by atoms with Crippen LogP contribution in [0.5, 0.6) is 0 Å². The Bertz CT molecular complexity index is 252. The molecule has 0 heterocycles. The largest absolute Gasteiger partial charge is 0.394 e. The van der Waals surface area contributed by atoms with Crippen LogP contribution in [0.4, 0.5) is 0 Å². The Kier molecular flexibility index (Phi) is 8.09. The van der Waals surface area contributed by atoms with Crippen LogP contribution < -0.4 is 5.32 Å². The Balaban J connectivity index is 4.43. The maximum atomic E-state index is 11.2. The van der Waals surface area contributed by atoms with Gasteiger partial charge in [0.05, 0.1) is 6.61 Å². The second-order valence-electron chi connectivity index (χ2n) is 3.43. The van der Waals surface area contributed by atoms with Crippen molar-refractivity contribution in [2.45, 2.75) is 30.8 Å². The fourth-order valence-corrected chi connectivity index (χ4v) is 1.31. The average molecular weight is 267 g/mol. The lowest BCUT2D eigenvalue weighted by Crippen LogP contribution is -2.53. The van der Waals surface area contributed by atoms with Crippen LogP contribution in [0.15, 0.2) is 0 Å². The molecule has 0 aliphatic heterocycles. The first-order valence-electron chi connectivity index (χ1n) is 4.98. The molecule has 0 rings (SSSR count). The minimum atomic E-state index is -1.73. The van der Waals surface area contributed by atoms with Gasteiger partial charge in [-0.2, -0.15) is 12.6 Å². The highest BCUT2D eigenvalue weighted by molar-refractivity contribution is 7.80. The monoisotopic (exact) mass is 267 g/mol. The van der Waals surface area contributed by atoms with Crippen LogP contribution >= 0.6 is 12.6 Å². The van der Waals surface area contributed by atoms with Crippen LogP contribution in [0.2, 0.25) is 0 Å². The third-order valence-electron chi connectivity index (χ3n) is 2.11. The van der Waals surface area contributed by atoms with Gasteiger partial charge >= 0.3 is 0 Å². The number of hydrogen-bond donors (Lipinski definition) is 6. The standard InChI is InChI=1S/C9H17NO6S/c11-3-5(10-7(14)1-2-17)8(15)9(16)6(13)4-12/h3,5-6,8-9,12-13,15-17H,1-2,4H2,(H,10,14)/t5-,6+,8+,9+/m0/s1. The molecule has 0 bridgehead atoms. The average Bonchev–Trinajstić information content (AvgIpc) is 2.33. The molecule has 8 heteroatoms. The second-order valence-corrected chi connectivity index (χ2v) is 3.88. The number of aldehydes is 1. The minimum Gasteiger partial charge on any atom is -0.394 e. The predicted octanol–water partition coefficient (Wildman–Crippen LogP) is -2.94. The molecule has 0 aliphatic carbocycles. The van der Waals surface area contributed by atoms with Gasteiger partial charge in [0.2, 0.25) is 5.91 Å². The molecule has 0 fully saturated rings. The van der Waals surface area contributed by atoms with Gasteiger partial charge in [-0.1, -0.05) is 0 Å². The van der Waals surface area contributed by atoms with Crippen molar-refractivity contribution < 1.29 is 30.0 Å². The van der Waals surface area contributed by atoms with E-state index in [0.717, 1.165) is 0 Å². The SMILES string of the molecule is O=C[C@H](NC(=O)CCS)[C@@H](O)[C@H](O)[C@H](O)CO. The summed E-state index contributed by atoms with van der Waals surface area (Å²) < 4.78 is 0. The summed E-state index contributed by atoms with van der Waals surface area (Å²) in [4.78, 5) is 21.8. The topological polar surface area (TPSA) is 127 Å². The first-order valence-corrected chi connectivity index (χ1v) is 5.61. The number of amides is 1. The maximum absolute atomic E-state index is 11.2. The van der Waals surface area contributed by atoms with Crippen molar-refractivity contribution in [1.82, 2.24) is 5.32 Å². The van der Waals surface area contributed by atoms with Gasteiger partial charge in [0, 0.05) is 6.42 Å². The van der Waals surface area contributed by atoms with Crippen LogP contribution in [-0.2, 0) is 9.59 Å². The zero-order chi connectivity index (χ0) is 13.4. The fraction of sp³-hybridized carbons (Fsp3) is 0.778. The Morgan fingerprint density at radius 2 is 1.88 bits per heavy atom. The van der Waals surface area contributed by atoms with E-state index in [2.05, 4.69) is 17.9 Å². The maximum Gasteiger partial charge on any atom is 0.221 e. The third kappa shape index (κ3) is 5.46. The number of hydrogen-bond acceptors (Lipinski definition) is 7. The summed E-state index contributed by atoms with van der Waals surface area (Å²) in [6, 6.07) is -1.35. The van der Waals surface area contributed by atoms with Gasteiger partial charge in [-0.15, -0.1) is 0 Å². The van der Waals surface area contributed by atoms with Crippen LogP contribution in [0.25, 0.3) is 0 Å². The van der Waals surface area contributed by atoms with Crippen molar-refractivity contribution in [3.05, 3.63) is 0 Å². The summed E-state index contributed by atoms with van der Waals surface area (Å²) >= 11 is 3.82. The molecule has 0 aromatic rings. The minimum absolute atomic E-state index is 0.0544. The van der Waals surface area contributed by atoms with Gasteiger partial charge in [0.1, 0.15) is 30.6 Å². The van der Waals surface area contributed by atoms with E-state index in [1.165, 1.54) is 0 Å². The van der Waals surface area contributed by atoms with E-state index in [0.29, 0.717) is 0 Å². The van der Waals surface area contributed by atoms with Crippen molar-refractivity contribution in [1.29, 1.82) is 0 Å². The summed E-state index contributed by atoms with van der Waals surface area (Å²) in [7, 11) is 0. The van der Waals surface area contributed by atoms with Gasteiger partial charge in [0.25, 0.3) is 0 Å². The highest BCUT2D eigenvalue weighted by Gasteiger charge is 2.31. The first kappa shape index (κ1) is 16.3. The normalized spacial score (nSPS) is 17.9. The van der Waals surface area contributed by atoms with Crippen molar-refractivity contribution >= 4 is 24.8 Å². The molecular formula is C9H17NO6S. The molecule has 0 radical (unpaired) electrons. The highest BCUT2D eigenvalue weighted by Crippen LogP contribution is 2.04. The molecule has 0 aromatic carbocycles. The Hall–Kier alpha value is -0.670. The lowest BCUT2D eigenvalue weighted by Gasteiger charge is -2.26. The first-order chi connectivity index (χ1) is 7.97. The highest BCUT2D eigenvalue weighted by atomic mass is 32.1. The van der Waals surface area contributed by atoms with E-state index in [-0.39, 0.29) is 18.5 Å². The zero-order valence-electron chi connectivity index (χ0n) is 9.06. The Morgan fingerprint density at radius 1 is 1.29 bits per heavy atom. The number of rotatable bonds is 8. The summed E-state index contributed by atoms with van der Waals surface area (Å²) in [5, 5.41) is 38.7. The zero-order valence-corrected chi connectivity index (χ0v) is 9.96. The van der Waals surface area contributed by atoms with E-state index in [4.69, 9.17) is 10.2 Å². The summed E-state index contributed by atoms with van der Waals surface area (Å²) in [5.74, 6) is -0.239. The van der Waals surface area contributed by atoms with Gasteiger partial charge in [-0.05, 0) is 5.75 Å². The van der Waals surface area contributed by atoms with Gasteiger partial charge < -0.3 is 30.5 Å². The number of nitrogens with one attached hydrogen (secondary N) is 1. The number of thiol groups is 1. The van der Waals surface area contributed by atoms with Gasteiger partial charge in [-0.3, -0.25) is 4.79 Å². The molecule has 0 unspecified atom stereocenters. The summed E-state index contributed by atoms with van der Waals surface area (Å²) in [5.41, 5.74) is 0. The molecule has 0 saturated heterocycles. The smallest absolute Gasteiger partial charge is 0.221 e. The molecule has 0 aliphatic rings. The number of aliphatic hydroxyl groups excluding tert-OH is 4. The van der Waals surface area contributed by atoms with E-state index < -0.39 is 36.9 Å². The quantitative estimate of drug-likeness (QED) is 0.206. The van der Waals surface area contributed by atoms with E-state index in [9.17, 15) is 19.8 Å². The Labute approximate surface area is 104 Å². The lowest BCUT2D eigenvalue weighted by molar-refractivity contribution is -0.130. The molecule has 100 valence electrons. The molecule has 5 N–H and O–H groups in total. The van der Waals surface area contributed by atoms with E-state index in [1.807, 2.05) is 0 Å². The number of carbonyl (C=O) groups is 2. The molecule has 17 heavy (non-hydrogen) atoms. The third-order valence-corrected chi connectivity index (χ3v) is 2.34. The number of aliphatic hydroxyl groups is 4. The van der Waals surface area contributed by atoms with E-state index in [1.54, 1.807) is 0 Å². The van der Waals surface area contributed by atoms with E-state index >= 15 is 0 Å². The molecule has 4 atom stereocenters. The predicted molar refractivity (Wildman–Crippen MR) is 61.6 cm³/mol. The van der Waals surface area contributed by atoms with Crippen LogP contribution in [0.1, 0.15) is 6.42 Å². The Morgan fingerprint density at radius 3 is 2.29 bits per heavy atom. The summed E-state index contributed by atoms with van der Waals surface area (Å²) in [6.45, 7) is -0.769. The van der Waals surface area contributed by atoms with Crippen LogP contribution in [0, 0.1) is 0 Å². The van der Waals surface area contributed by atoms with Crippen molar-refractivity contribution in [3.63, 3.8) is 0 Å². The summed E-state index contributed by atoms with van der Waals surface area (Å²) in [6.07, 6.45) is -4.72. The fourth-order valence-electron chi connectivity index (χ4n) is 1.11. The van der Waals surface area contributed by atoms with Gasteiger partial charge in [-0.25, -0.2) is 0 Å². The number of carbonyl (C=O) groups excluding carboxylic acids is 2. The van der Waals surface area contributed by atoms with Crippen molar-refractivity contribution in [2.24, 2.45) is 0 Å². The van der Waals surface area contributed by atoms with Crippen molar-refractivity contribution in [3.8, 4) is 0 Å². The second kappa shape index (κ2) is 8.43. The molecule has 7 nitrogen and oxygen atoms in total. The molecule has 1 amide bonds. The molecule has 0 saturated carbocycles. The van der Waals surface area contributed by atoms with Gasteiger partial charge in [0.15, 0.2) is 0 Å². The molecular weight excluding hydrogens is 250 g/mol. The van der Waals surface area contributed by atoms with Crippen molar-refractivity contribution in [2.75, 3.05) is 12.4 Å².